The summed E-state index contributed by atoms with van der Waals surface area (Å²) >= 11 is 0. The molecule has 0 unspecified atom stereocenters. The smallest absolute Gasteiger partial charge is 0.253 e. The average molecular weight is 332 g/mol. The van der Waals surface area contributed by atoms with Crippen LogP contribution in [0.5, 0.6) is 0 Å². The Morgan fingerprint density at radius 2 is 1.50 bits per heavy atom. The highest BCUT2D eigenvalue weighted by Crippen LogP contribution is 2.22. The largest absolute Gasteiger partial charge is 0.342 e. The standard InChI is InChI=1S/C19H25FN2O2/c20-17-9-7-15(8-10-17)18(23)22-13-5-6-16(14-22)19(24)21-11-3-1-2-4-12-21/h7-10,16H,1-6,11-14H2/t16-/m1/s1. The van der Waals surface area contributed by atoms with E-state index < -0.39 is 0 Å². The maximum Gasteiger partial charge on any atom is 0.253 e. The van der Waals surface area contributed by atoms with Gasteiger partial charge in [0.15, 0.2) is 0 Å². The number of carbonyl (C=O) groups excluding carboxylic acids is 2. The molecule has 3 rings (SSSR count). The van der Waals surface area contributed by atoms with E-state index in [2.05, 4.69) is 0 Å². The first-order valence-corrected chi connectivity index (χ1v) is 8.99. The summed E-state index contributed by atoms with van der Waals surface area (Å²) in [6.07, 6.45) is 6.25. The summed E-state index contributed by atoms with van der Waals surface area (Å²) in [6.45, 7) is 2.84. The van der Waals surface area contributed by atoms with Gasteiger partial charge in [0, 0.05) is 31.7 Å². The van der Waals surface area contributed by atoms with Crippen molar-refractivity contribution in [3.05, 3.63) is 35.6 Å². The molecule has 2 aliphatic heterocycles. The van der Waals surface area contributed by atoms with Crippen LogP contribution in [0.3, 0.4) is 0 Å². The van der Waals surface area contributed by atoms with Gasteiger partial charge in [-0.15, -0.1) is 0 Å². The molecule has 1 aromatic carbocycles. The SMILES string of the molecule is O=C(c1ccc(F)cc1)N1CCC[C@@H](C(=O)N2CCCCCC2)C1. The summed E-state index contributed by atoms with van der Waals surface area (Å²) in [5, 5.41) is 0. The van der Waals surface area contributed by atoms with Crippen LogP contribution in [0, 0.1) is 11.7 Å². The third-order valence-electron chi connectivity index (χ3n) is 5.07. The molecular formula is C19H25FN2O2. The molecule has 0 N–H and O–H groups in total. The summed E-state index contributed by atoms with van der Waals surface area (Å²) in [7, 11) is 0. The van der Waals surface area contributed by atoms with Crippen molar-refractivity contribution in [3.63, 3.8) is 0 Å². The van der Waals surface area contributed by atoms with Gasteiger partial charge in [-0.1, -0.05) is 12.8 Å². The lowest BCUT2D eigenvalue weighted by Crippen LogP contribution is -2.47. The monoisotopic (exact) mass is 332 g/mol. The fourth-order valence-corrected chi connectivity index (χ4v) is 3.69. The summed E-state index contributed by atoms with van der Waals surface area (Å²) in [6, 6.07) is 5.63. The normalized spacial score (nSPS) is 22.1. The van der Waals surface area contributed by atoms with E-state index in [1.165, 1.54) is 37.1 Å². The first kappa shape index (κ1) is 16.9. The summed E-state index contributed by atoms with van der Waals surface area (Å²) < 4.78 is 13.0. The molecule has 5 heteroatoms. The van der Waals surface area contributed by atoms with Crippen molar-refractivity contribution in [2.24, 2.45) is 5.92 Å². The number of likely N-dealkylation sites (tertiary alicyclic amines) is 2. The predicted molar refractivity (Wildman–Crippen MR) is 90.1 cm³/mol. The van der Waals surface area contributed by atoms with Crippen molar-refractivity contribution >= 4 is 11.8 Å². The van der Waals surface area contributed by atoms with Crippen molar-refractivity contribution in [1.29, 1.82) is 0 Å². The van der Waals surface area contributed by atoms with Gasteiger partial charge in [-0.05, 0) is 49.9 Å². The lowest BCUT2D eigenvalue weighted by atomic mass is 9.95. The topological polar surface area (TPSA) is 40.6 Å². The van der Waals surface area contributed by atoms with Gasteiger partial charge in [-0.25, -0.2) is 4.39 Å². The molecule has 0 radical (unpaired) electrons. The number of nitrogens with zero attached hydrogens (tertiary/aromatic N) is 2. The zero-order valence-corrected chi connectivity index (χ0v) is 14.0. The molecular weight excluding hydrogens is 307 g/mol. The number of hydrogen-bond acceptors (Lipinski definition) is 2. The molecule has 0 bridgehead atoms. The van der Waals surface area contributed by atoms with Gasteiger partial charge in [-0.3, -0.25) is 9.59 Å². The Balaban J connectivity index is 1.64. The second-order valence-corrected chi connectivity index (χ2v) is 6.84. The van der Waals surface area contributed by atoms with Gasteiger partial charge >= 0.3 is 0 Å². The molecule has 0 aliphatic carbocycles. The molecule has 24 heavy (non-hydrogen) atoms. The van der Waals surface area contributed by atoms with Crippen LogP contribution >= 0.6 is 0 Å². The molecule has 0 aromatic heterocycles. The number of benzene rings is 1. The highest BCUT2D eigenvalue weighted by molar-refractivity contribution is 5.94. The number of hydrogen-bond donors (Lipinski definition) is 0. The van der Waals surface area contributed by atoms with E-state index in [1.54, 1.807) is 4.90 Å². The summed E-state index contributed by atoms with van der Waals surface area (Å²) in [4.78, 5) is 29.1. The Kier molecular flexibility index (Phi) is 5.48. The van der Waals surface area contributed by atoms with Crippen molar-refractivity contribution in [2.75, 3.05) is 26.2 Å². The van der Waals surface area contributed by atoms with Crippen molar-refractivity contribution in [1.82, 2.24) is 9.80 Å². The third-order valence-corrected chi connectivity index (χ3v) is 5.07. The van der Waals surface area contributed by atoms with Crippen LogP contribution in [0.1, 0.15) is 48.9 Å². The molecule has 130 valence electrons. The van der Waals surface area contributed by atoms with Crippen molar-refractivity contribution < 1.29 is 14.0 Å². The van der Waals surface area contributed by atoms with Crippen LogP contribution in [-0.4, -0.2) is 47.8 Å². The van der Waals surface area contributed by atoms with Crippen molar-refractivity contribution in [3.8, 4) is 0 Å². The maximum absolute atomic E-state index is 13.0. The molecule has 2 amide bonds. The number of amides is 2. The Bertz CT molecular complexity index is 580. The second kappa shape index (κ2) is 7.77. The van der Waals surface area contributed by atoms with Crippen LogP contribution in [0.2, 0.25) is 0 Å². The van der Waals surface area contributed by atoms with Gasteiger partial charge in [0.05, 0.1) is 5.92 Å². The molecule has 2 fully saturated rings. The number of rotatable bonds is 2. The lowest BCUT2D eigenvalue weighted by Gasteiger charge is -2.34. The lowest BCUT2D eigenvalue weighted by molar-refractivity contribution is -0.136. The zero-order valence-electron chi connectivity index (χ0n) is 14.0. The minimum atomic E-state index is -0.348. The molecule has 1 aromatic rings. The maximum atomic E-state index is 13.0. The first-order valence-electron chi connectivity index (χ1n) is 8.99. The molecule has 2 aliphatic rings. The number of piperidine rings is 1. The van der Waals surface area contributed by atoms with Crippen molar-refractivity contribution in [2.45, 2.75) is 38.5 Å². The van der Waals surface area contributed by atoms with Gasteiger partial charge in [0.25, 0.3) is 5.91 Å². The van der Waals surface area contributed by atoms with Crippen LogP contribution in [0.25, 0.3) is 0 Å². The highest BCUT2D eigenvalue weighted by atomic mass is 19.1. The number of halogens is 1. The fraction of sp³-hybridized carbons (Fsp3) is 0.579. The Morgan fingerprint density at radius 1 is 0.875 bits per heavy atom. The van der Waals surface area contributed by atoms with E-state index in [4.69, 9.17) is 0 Å². The van der Waals surface area contributed by atoms with Gasteiger partial charge in [-0.2, -0.15) is 0 Å². The van der Waals surface area contributed by atoms with E-state index in [0.29, 0.717) is 18.7 Å². The van der Waals surface area contributed by atoms with E-state index >= 15 is 0 Å². The van der Waals surface area contributed by atoms with E-state index in [9.17, 15) is 14.0 Å². The zero-order chi connectivity index (χ0) is 16.9. The van der Waals surface area contributed by atoms with E-state index in [-0.39, 0.29) is 23.5 Å². The Morgan fingerprint density at radius 3 is 2.17 bits per heavy atom. The molecule has 0 saturated carbocycles. The van der Waals surface area contributed by atoms with Crippen LogP contribution in [0.15, 0.2) is 24.3 Å². The fourth-order valence-electron chi connectivity index (χ4n) is 3.69. The minimum Gasteiger partial charge on any atom is -0.342 e. The Labute approximate surface area is 142 Å². The van der Waals surface area contributed by atoms with E-state index in [0.717, 1.165) is 38.8 Å². The van der Waals surface area contributed by atoms with Gasteiger partial charge < -0.3 is 9.80 Å². The molecule has 0 spiro atoms. The number of carbonyl (C=O) groups is 2. The third kappa shape index (κ3) is 3.94. The highest BCUT2D eigenvalue weighted by Gasteiger charge is 2.31. The first-order chi connectivity index (χ1) is 11.6. The second-order valence-electron chi connectivity index (χ2n) is 6.84. The van der Waals surface area contributed by atoms with Crippen LogP contribution in [-0.2, 0) is 4.79 Å². The predicted octanol–water partition coefficient (Wildman–Crippen LogP) is 3.08. The molecule has 1 atom stereocenters. The summed E-state index contributed by atoms with van der Waals surface area (Å²) in [5.41, 5.74) is 0.485. The van der Waals surface area contributed by atoms with E-state index in [1.807, 2.05) is 4.90 Å². The van der Waals surface area contributed by atoms with Crippen LogP contribution < -0.4 is 0 Å². The van der Waals surface area contributed by atoms with Gasteiger partial charge in [0.1, 0.15) is 5.82 Å². The Hall–Kier alpha value is -1.91. The quantitative estimate of drug-likeness (QED) is 0.835. The molecule has 4 nitrogen and oxygen atoms in total. The summed E-state index contributed by atoms with van der Waals surface area (Å²) in [5.74, 6) is -0.350. The minimum absolute atomic E-state index is 0.0961. The van der Waals surface area contributed by atoms with Crippen LogP contribution in [0.4, 0.5) is 4.39 Å². The van der Waals surface area contributed by atoms with Gasteiger partial charge in [0.2, 0.25) is 5.91 Å². The molecule has 2 saturated heterocycles. The molecule has 2 heterocycles. The average Bonchev–Trinajstić information content (AvgIpc) is 2.90.